The first-order valence-corrected chi connectivity index (χ1v) is 8.44. The second kappa shape index (κ2) is 6.01. The van der Waals surface area contributed by atoms with Crippen LogP contribution in [0.1, 0.15) is 22.3 Å². The highest BCUT2D eigenvalue weighted by molar-refractivity contribution is 5.74. The Kier molecular flexibility index (Phi) is 3.70. The quantitative estimate of drug-likeness (QED) is 0.600. The zero-order chi connectivity index (χ0) is 16.5. The van der Waals surface area contributed by atoms with Crippen LogP contribution in [0.15, 0.2) is 66.7 Å². The Bertz CT molecular complexity index is 897. The Labute approximate surface area is 143 Å². The van der Waals surface area contributed by atoms with Gasteiger partial charge in [-0.1, -0.05) is 48.6 Å². The third-order valence-corrected chi connectivity index (χ3v) is 4.72. The fraction of sp³-hybridized carbons (Fsp3) is 0.130. The average Bonchev–Trinajstić information content (AvgIpc) is 3.04. The number of anilines is 2. The van der Waals surface area contributed by atoms with Gasteiger partial charge in [-0.15, -0.1) is 0 Å². The number of allylic oxidation sites excluding steroid dienone is 1. The lowest BCUT2D eigenvalue weighted by Gasteiger charge is -2.12. The van der Waals surface area contributed by atoms with Crippen molar-refractivity contribution in [1.82, 2.24) is 0 Å². The van der Waals surface area contributed by atoms with Crippen molar-refractivity contribution >= 4 is 17.5 Å². The molecule has 0 aromatic heterocycles. The standard InChI is InChI=1S/C23H21N/c1-16-5-3-6-17(2)23(16)19-10-12-21(13-11-19)24-22-14-9-18-7-4-8-20(18)15-22/h3-7,9-15,24H,8H2,1-2H3. The summed E-state index contributed by atoms with van der Waals surface area (Å²) in [5.41, 5.74) is 10.3. The molecule has 0 atom stereocenters. The molecule has 3 aromatic carbocycles. The molecule has 0 fully saturated rings. The molecule has 1 N–H and O–H groups in total. The van der Waals surface area contributed by atoms with Crippen LogP contribution in [0.4, 0.5) is 11.4 Å². The van der Waals surface area contributed by atoms with Crippen molar-refractivity contribution in [2.24, 2.45) is 0 Å². The van der Waals surface area contributed by atoms with E-state index in [0.29, 0.717) is 0 Å². The Hall–Kier alpha value is -2.80. The zero-order valence-corrected chi connectivity index (χ0v) is 14.1. The molecule has 1 aliphatic rings. The lowest BCUT2D eigenvalue weighted by molar-refractivity contribution is 1.31. The minimum Gasteiger partial charge on any atom is -0.356 e. The molecule has 3 aromatic rings. The molecule has 4 rings (SSSR count). The van der Waals surface area contributed by atoms with Crippen molar-refractivity contribution in [3.8, 4) is 11.1 Å². The van der Waals surface area contributed by atoms with E-state index in [0.717, 1.165) is 17.8 Å². The molecule has 0 saturated carbocycles. The summed E-state index contributed by atoms with van der Waals surface area (Å²) in [7, 11) is 0. The number of hydrogen-bond acceptors (Lipinski definition) is 1. The molecule has 1 aliphatic carbocycles. The summed E-state index contributed by atoms with van der Waals surface area (Å²) in [6.45, 7) is 4.35. The summed E-state index contributed by atoms with van der Waals surface area (Å²) >= 11 is 0. The molecule has 0 bridgehead atoms. The molecular formula is C23H21N. The van der Waals surface area contributed by atoms with Crippen LogP contribution in [0.5, 0.6) is 0 Å². The van der Waals surface area contributed by atoms with E-state index >= 15 is 0 Å². The van der Waals surface area contributed by atoms with Crippen LogP contribution in [0.25, 0.3) is 17.2 Å². The molecule has 0 unspecified atom stereocenters. The van der Waals surface area contributed by atoms with E-state index in [1.54, 1.807) is 0 Å². The third-order valence-electron chi connectivity index (χ3n) is 4.72. The van der Waals surface area contributed by atoms with Gasteiger partial charge < -0.3 is 5.32 Å². The lowest BCUT2D eigenvalue weighted by atomic mass is 9.96. The van der Waals surface area contributed by atoms with Gasteiger partial charge in [0.05, 0.1) is 0 Å². The largest absolute Gasteiger partial charge is 0.356 e. The maximum Gasteiger partial charge on any atom is 0.0387 e. The van der Waals surface area contributed by atoms with E-state index in [2.05, 4.69) is 92.0 Å². The number of nitrogens with one attached hydrogen (secondary N) is 1. The van der Waals surface area contributed by atoms with Gasteiger partial charge in [0, 0.05) is 11.4 Å². The molecule has 0 radical (unpaired) electrons. The predicted molar refractivity (Wildman–Crippen MR) is 104 cm³/mol. The van der Waals surface area contributed by atoms with E-state index in [1.807, 2.05) is 0 Å². The van der Waals surface area contributed by atoms with Gasteiger partial charge >= 0.3 is 0 Å². The number of hydrogen-bond donors (Lipinski definition) is 1. The zero-order valence-electron chi connectivity index (χ0n) is 14.1. The molecule has 1 nitrogen and oxygen atoms in total. The van der Waals surface area contributed by atoms with Crippen LogP contribution in [-0.4, -0.2) is 0 Å². The van der Waals surface area contributed by atoms with Gasteiger partial charge in [-0.05, 0) is 77.9 Å². The Balaban J connectivity index is 1.58. The summed E-state index contributed by atoms with van der Waals surface area (Å²) in [5.74, 6) is 0. The highest BCUT2D eigenvalue weighted by Gasteiger charge is 2.07. The van der Waals surface area contributed by atoms with Gasteiger partial charge in [0.15, 0.2) is 0 Å². The van der Waals surface area contributed by atoms with Crippen molar-refractivity contribution in [3.63, 3.8) is 0 Å². The van der Waals surface area contributed by atoms with E-state index in [1.165, 1.54) is 33.4 Å². The molecule has 0 spiro atoms. The van der Waals surface area contributed by atoms with E-state index < -0.39 is 0 Å². The fourth-order valence-electron chi connectivity index (χ4n) is 3.49. The van der Waals surface area contributed by atoms with Crippen LogP contribution in [0, 0.1) is 13.8 Å². The number of fused-ring (bicyclic) bond motifs is 1. The number of aryl methyl sites for hydroxylation is 2. The summed E-state index contributed by atoms with van der Waals surface area (Å²) in [5, 5.41) is 3.51. The molecule has 118 valence electrons. The van der Waals surface area contributed by atoms with E-state index in [-0.39, 0.29) is 0 Å². The molecule has 24 heavy (non-hydrogen) atoms. The van der Waals surface area contributed by atoms with Crippen molar-refractivity contribution < 1.29 is 0 Å². The first kappa shape index (κ1) is 14.8. The van der Waals surface area contributed by atoms with Crippen molar-refractivity contribution in [1.29, 1.82) is 0 Å². The minimum absolute atomic E-state index is 1.04. The molecule has 0 amide bonds. The van der Waals surface area contributed by atoms with Crippen LogP contribution in [0.2, 0.25) is 0 Å². The van der Waals surface area contributed by atoms with Gasteiger partial charge in [-0.3, -0.25) is 0 Å². The Morgan fingerprint density at radius 3 is 2.25 bits per heavy atom. The second-order valence-corrected chi connectivity index (χ2v) is 6.49. The second-order valence-electron chi connectivity index (χ2n) is 6.49. The van der Waals surface area contributed by atoms with Crippen LogP contribution in [-0.2, 0) is 6.42 Å². The van der Waals surface area contributed by atoms with Gasteiger partial charge in [-0.25, -0.2) is 0 Å². The highest BCUT2D eigenvalue weighted by Crippen LogP contribution is 2.29. The third kappa shape index (κ3) is 2.74. The molecule has 0 heterocycles. The van der Waals surface area contributed by atoms with Gasteiger partial charge in [0.2, 0.25) is 0 Å². The first-order chi connectivity index (χ1) is 11.7. The van der Waals surface area contributed by atoms with Crippen LogP contribution in [0.3, 0.4) is 0 Å². The summed E-state index contributed by atoms with van der Waals surface area (Å²) in [4.78, 5) is 0. The maximum atomic E-state index is 3.51. The summed E-state index contributed by atoms with van der Waals surface area (Å²) in [6.07, 6.45) is 5.45. The maximum absolute atomic E-state index is 3.51. The summed E-state index contributed by atoms with van der Waals surface area (Å²) < 4.78 is 0. The first-order valence-electron chi connectivity index (χ1n) is 8.44. The van der Waals surface area contributed by atoms with Crippen molar-refractivity contribution in [2.45, 2.75) is 20.3 Å². The van der Waals surface area contributed by atoms with Gasteiger partial charge in [0.25, 0.3) is 0 Å². The molecule has 0 saturated heterocycles. The summed E-state index contributed by atoms with van der Waals surface area (Å²) in [6, 6.07) is 21.8. The molecule has 0 aliphatic heterocycles. The number of rotatable bonds is 3. The van der Waals surface area contributed by atoms with Crippen molar-refractivity contribution in [2.75, 3.05) is 5.32 Å². The predicted octanol–water partition coefficient (Wildman–Crippen LogP) is 6.28. The fourth-order valence-corrected chi connectivity index (χ4v) is 3.49. The smallest absolute Gasteiger partial charge is 0.0387 e. The monoisotopic (exact) mass is 311 g/mol. The lowest BCUT2D eigenvalue weighted by Crippen LogP contribution is -1.93. The van der Waals surface area contributed by atoms with Crippen LogP contribution >= 0.6 is 0 Å². The van der Waals surface area contributed by atoms with Gasteiger partial charge in [0.1, 0.15) is 0 Å². The topological polar surface area (TPSA) is 12.0 Å². The Morgan fingerprint density at radius 2 is 1.50 bits per heavy atom. The Morgan fingerprint density at radius 1 is 0.792 bits per heavy atom. The average molecular weight is 311 g/mol. The van der Waals surface area contributed by atoms with E-state index in [9.17, 15) is 0 Å². The molecular weight excluding hydrogens is 290 g/mol. The van der Waals surface area contributed by atoms with Crippen molar-refractivity contribution in [3.05, 3.63) is 89.0 Å². The van der Waals surface area contributed by atoms with E-state index in [4.69, 9.17) is 0 Å². The number of benzene rings is 3. The minimum atomic E-state index is 1.04. The van der Waals surface area contributed by atoms with Crippen LogP contribution < -0.4 is 5.32 Å². The normalized spacial score (nSPS) is 12.2. The SMILES string of the molecule is Cc1cccc(C)c1-c1ccc(Nc2ccc3c(c2)CC=C3)cc1. The van der Waals surface area contributed by atoms with Gasteiger partial charge in [-0.2, -0.15) is 0 Å². The highest BCUT2D eigenvalue weighted by atomic mass is 14.9. The molecule has 1 heteroatoms.